The molecule has 1 aromatic carbocycles. The van der Waals surface area contributed by atoms with Gasteiger partial charge in [0.05, 0.1) is 6.54 Å². The van der Waals surface area contributed by atoms with E-state index in [0.29, 0.717) is 12.5 Å². The zero-order valence-corrected chi connectivity index (χ0v) is 10.9. The smallest absolute Gasteiger partial charge is 0.238 e. The van der Waals surface area contributed by atoms with Crippen LogP contribution in [0.15, 0.2) is 24.3 Å². The molecular formula is C14H22N2O. The number of benzene rings is 1. The average molecular weight is 234 g/mol. The minimum atomic E-state index is 0.00320. The highest BCUT2D eigenvalue weighted by molar-refractivity contribution is 5.92. The molecule has 0 bridgehead atoms. The normalized spacial score (nSPS) is 10.6. The molecule has 0 radical (unpaired) electrons. The van der Waals surface area contributed by atoms with Crippen LogP contribution in [0.1, 0.15) is 26.3 Å². The predicted octanol–water partition coefficient (Wildman–Crippen LogP) is 2.43. The van der Waals surface area contributed by atoms with Gasteiger partial charge in [0, 0.05) is 5.69 Å². The van der Waals surface area contributed by atoms with Crippen molar-refractivity contribution in [1.82, 2.24) is 5.32 Å². The van der Waals surface area contributed by atoms with Gasteiger partial charge in [-0.3, -0.25) is 4.79 Å². The number of rotatable bonds is 6. The largest absolute Gasteiger partial charge is 0.325 e. The molecule has 0 saturated carbocycles. The van der Waals surface area contributed by atoms with Crippen molar-refractivity contribution in [2.24, 2.45) is 5.92 Å². The minimum Gasteiger partial charge on any atom is -0.325 e. The number of anilines is 1. The number of hydrogen-bond acceptors (Lipinski definition) is 2. The minimum absolute atomic E-state index is 0.00320. The van der Waals surface area contributed by atoms with Crippen LogP contribution in [0.2, 0.25) is 0 Å². The van der Waals surface area contributed by atoms with Crippen LogP contribution >= 0.6 is 0 Å². The molecule has 1 aromatic rings. The Morgan fingerprint density at radius 2 is 1.88 bits per heavy atom. The molecule has 0 aromatic heterocycles. The van der Waals surface area contributed by atoms with Crippen molar-refractivity contribution in [3.8, 4) is 0 Å². The summed E-state index contributed by atoms with van der Waals surface area (Å²) in [7, 11) is 0. The first kappa shape index (κ1) is 13.7. The number of amides is 1. The Morgan fingerprint density at radius 3 is 2.41 bits per heavy atom. The number of likely N-dealkylation sites (N-methyl/N-ethyl adjacent to an activating group) is 1. The van der Waals surface area contributed by atoms with E-state index in [4.69, 9.17) is 0 Å². The quantitative estimate of drug-likeness (QED) is 0.793. The van der Waals surface area contributed by atoms with Crippen LogP contribution in [0, 0.1) is 5.92 Å². The molecule has 0 fully saturated rings. The topological polar surface area (TPSA) is 41.1 Å². The van der Waals surface area contributed by atoms with Crippen molar-refractivity contribution in [3.05, 3.63) is 29.8 Å². The maximum absolute atomic E-state index is 11.5. The number of carbonyl (C=O) groups is 1. The van der Waals surface area contributed by atoms with Gasteiger partial charge in [-0.15, -0.1) is 0 Å². The first-order chi connectivity index (χ1) is 8.11. The first-order valence-corrected chi connectivity index (χ1v) is 6.21. The van der Waals surface area contributed by atoms with Gasteiger partial charge in [-0.2, -0.15) is 0 Å². The average Bonchev–Trinajstić information content (AvgIpc) is 2.28. The zero-order chi connectivity index (χ0) is 12.7. The van der Waals surface area contributed by atoms with Crippen LogP contribution in [-0.2, 0) is 11.2 Å². The van der Waals surface area contributed by atoms with Crippen molar-refractivity contribution in [3.63, 3.8) is 0 Å². The van der Waals surface area contributed by atoms with Gasteiger partial charge in [-0.1, -0.05) is 32.9 Å². The van der Waals surface area contributed by atoms with Crippen molar-refractivity contribution >= 4 is 11.6 Å². The lowest BCUT2D eigenvalue weighted by molar-refractivity contribution is -0.115. The third-order valence-corrected chi connectivity index (χ3v) is 2.42. The van der Waals surface area contributed by atoms with E-state index in [0.717, 1.165) is 18.7 Å². The van der Waals surface area contributed by atoms with Gasteiger partial charge < -0.3 is 10.6 Å². The lowest BCUT2D eigenvalue weighted by Gasteiger charge is -2.08. The van der Waals surface area contributed by atoms with Crippen LogP contribution in [-0.4, -0.2) is 19.0 Å². The Labute approximate surface area is 104 Å². The van der Waals surface area contributed by atoms with Crippen LogP contribution in [0.4, 0.5) is 5.69 Å². The summed E-state index contributed by atoms with van der Waals surface area (Å²) in [5.41, 5.74) is 2.17. The third-order valence-electron chi connectivity index (χ3n) is 2.42. The van der Waals surface area contributed by atoms with E-state index >= 15 is 0 Å². The van der Waals surface area contributed by atoms with Crippen molar-refractivity contribution in [2.75, 3.05) is 18.4 Å². The van der Waals surface area contributed by atoms with E-state index in [-0.39, 0.29) is 5.91 Å². The van der Waals surface area contributed by atoms with E-state index < -0.39 is 0 Å². The second kappa shape index (κ2) is 7.07. The number of carbonyl (C=O) groups excluding carboxylic acids is 1. The third kappa shape index (κ3) is 5.50. The second-order valence-electron chi connectivity index (χ2n) is 4.62. The van der Waals surface area contributed by atoms with E-state index in [1.165, 1.54) is 5.56 Å². The first-order valence-electron chi connectivity index (χ1n) is 6.21. The van der Waals surface area contributed by atoms with E-state index in [9.17, 15) is 4.79 Å². The fraction of sp³-hybridized carbons (Fsp3) is 0.500. The monoisotopic (exact) mass is 234 g/mol. The van der Waals surface area contributed by atoms with Gasteiger partial charge in [-0.05, 0) is 36.6 Å². The summed E-state index contributed by atoms with van der Waals surface area (Å²) in [6, 6.07) is 8.06. The fourth-order valence-electron chi connectivity index (χ4n) is 1.64. The summed E-state index contributed by atoms with van der Waals surface area (Å²) in [5.74, 6) is 0.660. The standard InChI is InChI=1S/C14H22N2O/c1-4-15-10-14(17)16-13-7-5-12(6-8-13)9-11(2)3/h5-8,11,15H,4,9-10H2,1-3H3,(H,16,17). The molecule has 94 valence electrons. The van der Waals surface area contributed by atoms with Crippen LogP contribution < -0.4 is 10.6 Å². The maximum Gasteiger partial charge on any atom is 0.238 e. The summed E-state index contributed by atoms with van der Waals surface area (Å²) in [6.45, 7) is 7.55. The number of hydrogen-bond donors (Lipinski definition) is 2. The molecule has 0 saturated heterocycles. The lowest BCUT2D eigenvalue weighted by atomic mass is 10.0. The molecule has 0 aliphatic heterocycles. The summed E-state index contributed by atoms with van der Waals surface area (Å²) in [5, 5.41) is 5.85. The summed E-state index contributed by atoms with van der Waals surface area (Å²) >= 11 is 0. The molecule has 17 heavy (non-hydrogen) atoms. The van der Waals surface area contributed by atoms with Gasteiger partial charge in [0.25, 0.3) is 0 Å². The molecule has 2 N–H and O–H groups in total. The van der Waals surface area contributed by atoms with Crippen LogP contribution in [0.5, 0.6) is 0 Å². The van der Waals surface area contributed by atoms with E-state index in [2.05, 4.69) is 36.6 Å². The lowest BCUT2D eigenvalue weighted by Crippen LogP contribution is -2.27. The molecule has 0 heterocycles. The molecule has 3 heteroatoms. The van der Waals surface area contributed by atoms with E-state index in [1.54, 1.807) is 0 Å². The van der Waals surface area contributed by atoms with Crippen molar-refractivity contribution in [1.29, 1.82) is 0 Å². The summed E-state index contributed by atoms with van der Waals surface area (Å²) in [4.78, 5) is 11.5. The fourth-order valence-corrected chi connectivity index (χ4v) is 1.64. The Morgan fingerprint density at radius 1 is 1.24 bits per heavy atom. The molecule has 0 aliphatic carbocycles. The van der Waals surface area contributed by atoms with Gasteiger partial charge in [0.15, 0.2) is 0 Å². The Kier molecular flexibility index (Phi) is 5.70. The summed E-state index contributed by atoms with van der Waals surface area (Å²) < 4.78 is 0. The maximum atomic E-state index is 11.5. The van der Waals surface area contributed by atoms with E-state index in [1.807, 2.05) is 19.1 Å². The highest BCUT2D eigenvalue weighted by Gasteiger charge is 2.02. The SMILES string of the molecule is CCNCC(=O)Nc1ccc(CC(C)C)cc1. The molecule has 0 unspecified atom stereocenters. The number of nitrogens with one attached hydrogen (secondary N) is 2. The predicted molar refractivity (Wildman–Crippen MR) is 72.2 cm³/mol. The Balaban J connectivity index is 2.47. The van der Waals surface area contributed by atoms with Gasteiger partial charge in [0.2, 0.25) is 5.91 Å². The Hall–Kier alpha value is -1.35. The molecule has 0 spiro atoms. The van der Waals surface area contributed by atoms with Crippen molar-refractivity contribution < 1.29 is 4.79 Å². The highest BCUT2D eigenvalue weighted by atomic mass is 16.1. The Bertz CT molecular complexity index is 344. The van der Waals surface area contributed by atoms with Gasteiger partial charge in [-0.25, -0.2) is 0 Å². The van der Waals surface area contributed by atoms with Gasteiger partial charge in [0.1, 0.15) is 0 Å². The molecule has 0 aliphatic rings. The highest BCUT2D eigenvalue weighted by Crippen LogP contribution is 2.12. The van der Waals surface area contributed by atoms with Crippen molar-refractivity contribution in [2.45, 2.75) is 27.2 Å². The second-order valence-corrected chi connectivity index (χ2v) is 4.62. The van der Waals surface area contributed by atoms with Gasteiger partial charge >= 0.3 is 0 Å². The molecule has 3 nitrogen and oxygen atoms in total. The van der Waals surface area contributed by atoms with Crippen LogP contribution in [0.3, 0.4) is 0 Å². The summed E-state index contributed by atoms with van der Waals surface area (Å²) in [6.07, 6.45) is 1.08. The molecule has 0 atom stereocenters. The molecule has 1 rings (SSSR count). The van der Waals surface area contributed by atoms with Crippen LogP contribution in [0.25, 0.3) is 0 Å². The molecular weight excluding hydrogens is 212 g/mol. The molecule has 1 amide bonds. The zero-order valence-electron chi connectivity index (χ0n) is 10.9.